The topological polar surface area (TPSA) is 49.3 Å². The van der Waals surface area contributed by atoms with Crippen LogP contribution in [0, 0.1) is 0 Å². The van der Waals surface area contributed by atoms with Gasteiger partial charge < -0.3 is 10.4 Å². The van der Waals surface area contributed by atoms with Gasteiger partial charge in [-0.3, -0.25) is 4.79 Å². The van der Waals surface area contributed by atoms with Crippen LogP contribution in [0.1, 0.15) is 19.4 Å². The van der Waals surface area contributed by atoms with Crippen LogP contribution in [-0.2, 0) is 4.79 Å². The van der Waals surface area contributed by atoms with E-state index >= 15 is 0 Å². The molecule has 4 heteroatoms. The van der Waals surface area contributed by atoms with E-state index in [2.05, 4.69) is 5.32 Å². The molecule has 1 aromatic rings. The summed E-state index contributed by atoms with van der Waals surface area (Å²) in [5.41, 5.74) is -0.124. The van der Waals surface area contributed by atoms with Gasteiger partial charge in [0.2, 0.25) is 5.91 Å². The van der Waals surface area contributed by atoms with Gasteiger partial charge in [0.05, 0.1) is 5.60 Å². The van der Waals surface area contributed by atoms with E-state index in [-0.39, 0.29) is 12.5 Å². The van der Waals surface area contributed by atoms with Crippen LogP contribution in [0.15, 0.2) is 30.3 Å². The Kier molecular flexibility index (Phi) is 4.73. The molecule has 0 radical (unpaired) electrons. The number of carbonyl (C=O) groups excluding carboxylic acids is 1. The summed E-state index contributed by atoms with van der Waals surface area (Å²) < 4.78 is 0. The third-order valence-corrected chi connectivity index (χ3v) is 2.36. The molecule has 0 saturated carbocycles. The van der Waals surface area contributed by atoms with Crippen molar-refractivity contribution in [1.29, 1.82) is 0 Å². The maximum atomic E-state index is 11.4. The standard InChI is InChI=1S/C13H16ClNO2/c1-13(2,17)9-15-12(16)8-7-10-5-3-4-6-11(10)14/h3-8,17H,9H2,1-2H3,(H,15,16). The van der Waals surface area contributed by atoms with Crippen LogP contribution in [0.2, 0.25) is 5.02 Å². The summed E-state index contributed by atoms with van der Waals surface area (Å²) in [4.78, 5) is 11.4. The van der Waals surface area contributed by atoms with Gasteiger partial charge in [-0.25, -0.2) is 0 Å². The molecule has 0 spiro atoms. The van der Waals surface area contributed by atoms with Crippen LogP contribution in [0.3, 0.4) is 0 Å². The molecule has 0 atom stereocenters. The lowest BCUT2D eigenvalue weighted by Crippen LogP contribution is -2.37. The van der Waals surface area contributed by atoms with Gasteiger partial charge in [-0.2, -0.15) is 0 Å². The maximum absolute atomic E-state index is 11.4. The van der Waals surface area contributed by atoms with Crippen molar-refractivity contribution in [3.63, 3.8) is 0 Å². The number of hydrogen-bond donors (Lipinski definition) is 2. The number of hydrogen-bond acceptors (Lipinski definition) is 2. The molecular weight excluding hydrogens is 238 g/mol. The molecule has 3 nitrogen and oxygen atoms in total. The van der Waals surface area contributed by atoms with Crippen LogP contribution < -0.4 is 5.32 Å². The third-order valence-electron chi connectivity index (χ3n) is 2.01. The minimum absolute atomic E-state index is 0.207. The van der Waals surface area contributed by atoms with Gasteiger partial charge in [0.15, 0.2) is 0 Å². The lowest BCUT2D eigenvalue weighted by Gasteiger charge is -2.16. The first-order chi connectivity index (χ1) is 7.88. The van der Waals surface area contributed by atoms with Gasteiger partial charge in [0, 0.05) is 17.6 Å². The Hall–Kier alpha value is -1.32. The number of amides is 1. The molecule has 1 aromatic carbocycles. The zero-order chi connectivity index (χ0) is 12.9. The molecule has 2 N–H and O–H groups in total. The second kappa shape index (κ2) is 5.84. The molecule has 0 aromatic heterocycles. The van der Waals surface area contributed by atoms with Crippen LogP contribution >= 0.6 is 11.6 Å². The van der Waals surface area contributed by atoms with Crippen LogP contribution in [0.4, 0.5) is 0 Å². The number of carbonyl (C=O) groups is 1. The summed E-state index contributed by atoms with van der Waals surface area (Å²) >= 11 is 5.93. The molecule has 0 aliphatic rings. The van der Waals surface area contributed by atoms with Crippen molar-refractivity contribution in [2.75, 3.05) is 6.54 Å². The predicted molar refractivity (Wildman–Crippen MR) is 69.8 cm³/mol. The van der Waals surface area contributed by atoms with Crippen molar-refractivity contribution < 1.29 is 9.90 Å². The quantitative estimate of drug-likeness (QED) is 0.809. The van der Waals surface area contributed by atoms with E-state index in [1.807, 2.05) is 18.2 Å². The normalized spacial score (nSPS) is 11.8. The molecule has 0 unspecified atom stereocenters. The maximum Gasteiger partial charge on any atom is 0.244 e. The first-order valence-electron chi connectivity index (χ1n) is 5.31. The zero-order valence-electron chi connectivity index (χ0n) is 9.90. The Morgan fingerprint density at radius 3 is 2.71 bits per heavy atom. The first-order valence-corrected chi connectivity index (χ1v) is 5.69. The monoisotopic (exact) mass is 253 g/mol. The fourth-order valence-electron chi connectivity index (χ4n) is 1.14. The summed E-state index contributed by atoms with van der Waals surface area (Å²) in [6, 6.07) is 7.26. The average molecular weight is 254 g/mol. The highest BCUT2D eigenvalue weighted by Crippen LogP contribution is 2.15. The summed E-state index contributed by atoms with van der Waals surface area (Å²) in [5.74, 6) is -0.257. The fraction of sp³-hybridized carbons (Fsp3) is 0.308. The summed E-state index contributed by atoms with van der Waals surface area (Å²) in [5, 5.41) is 12.6. The smallest absolute Gasteiger partial charge is 0.244 e. The largest absolute Gasteiger partial charge is 0.389 e. The van der Waals surface area contributed by atoms with Crippen LogP contribution in [0.5, 0.6) is 0 Å². The van der Waals surface area contributed by atoms with E-state index in [4.69, 9.17) is 11.6 Å². The number of rotatable bonds is 4. The molecular formula is C13H16ClNO2. The second-order valence-corrected chi connectivity index (χ2v) is 4.79. The van der Waals surface area contributed by atoms with Crippen molar-refractivity contribution in [3.05, 3.63) is 40.9 Å². The van der Waals surface area contributed by atoms with Gasteiger partial charge in [-0.1, -0.05) is 29.8 Å². The lowest BCUT2D eigenvalue weighted by molar-refractivity contribution is -0.117. The molecule has 1 amide bonds. The van der Waals surface area contributed by atoms with Gasteiger partial charge in [-0.05, 0) is 31.6 Å². The van der Waals surface area contributed by atoms with E-state index in [0.29, 0.717) is 5.02 Å². The Labute approximate surface area is 106 Å². The SMILES string of the molecule is CC(C)(O)CNC(=O)C=Cc1ccccc1Cl. The zero-order valence-corrected chi connectivity index (χ0v) is 10.7. The van der Waals surface area contributed by atoms with E-state index in [1.165, 1.54) is 6.08 Å². The van der Waals surface area contributed by atoms with Crippen molar-refractivity contribution in [2.45, 2.75) is 19.4 Å². The lowest BCUT2D eigenvalue weighted by atomic mass is 10.1. The summed E-state index contributed by atoms with van der Waals surface area (Å²) in [6.45, 7) is 3.47. The van der Waals surface area contributed by atoms with E-state index < -0.39 is 5.60 Å². The Morgan fingerprint density at radius 1 is 1.47 bits per heavy atom. The van der Waals surface area contributed by atoms with E-state index in [0.717, 1.165) is 5.56 Å². The molecule has 0 heterocycles. The average Bonchev–Trinajstić information content (AvgIpc) is 2.24. The molecule has 92 valence electrons. The van der Waals surface area contributed by atoms with Crippen molar-refractivity contribution in [1.82, 2.24) is 5.32 Å². The summed E-state index contributed by atoms with van der Waals surface area (Å²) in [6.07, 6.45) is 3.04. The van der Waals surface area contributed by atoms with E-state index in [9.17, 15) is 9.90 Å². The number of halogens is 1. The van der Waals surface area contributed by atoms with Crippen LogP contribution in [-0.4, -0.2) is 23.2 Å². The van der Waals surface area contributed by atoms with Crippen molar-refractivity contribution in [3.8, 4) is 0 Å². The Bertz CT molecular complexity index is 422. The Balaban J connectivity index is 2.55. The van der Waals surface area contributed by atoms with Crippen molar-refractivity contribution >= 4 is 23.6 Å². The van der Waals surface area contributed by atoms with E-state index in [1.54, 1.807) is 26.0 Å². The highest BCUT2D eigenvalue weighted by molar-refractivity contribution is 6.32. The molecule has 0 aliphatic carbocycles. The van der Waals surface area contributed by atoms with Crippen molar-refractivity contribution in [2.24, 2.45) is 0 Å². The Morgan fingerprint density at radius 2 is 2.12 bits per heavy atom. The molecule has 0 bridgehead atoms. The fourth-order valence-corrected chi connectivity index (χ4v) is 1.34. The summed E-state index contributed by atoms with van der Waals surface area (Å²) in [7, 11) is 0. The first kappa shape index (κ1) is 13.7. The highest BCUT2D eigenvalue weighted by Gasteiger charge is 2.12. The molecule has 0 saturated heterocycles. The van der Waals surface area contributed by atoms with Gasteiger partial charge in [-0.15, -0.1) is 0 Å². The minimum Gasteiger partial charge on any atom is -0.389 e. The van der Waals surface area contributed by atoms with Gasteiger partial charge in [0.1, 0.15) is 0 Å². The van der Waals surface area contributed by atoms with Gasteiger partial charge in [0.25, 0.3) is 0 Å². The number of benzene rings is 1. The minimum atomic E-state index is -0.909. The predicted octanol–water partition coefficient (Wildman–Crippen LogP) is 2.24. The van der Waals surface area contributed by atoms with Gasteiger partial charge >= 0.3 is 0 Å². The van der Waals surface area contributed by atoms with Crippen LogP contribution in [0.25, 0.3) is 6.08 Å². The molecule has 0 aliphatic heterocycles. The molecule has 17 heavy (non-hydrogen) atoms. The molecule has 0 fully saturated rings. The molecule has 1 rings (SSSR count). The number of aliphatic hydroxyl groups is 1. The number of nitrogens with one attached hydrogen (secondary N) is 1. The second-order valence-electron chi connectivity index (χ2n) is 4.39. The third kappa shape index (κ3) is 5.52. The highest BCUT2D eigenvalue weighted by atomic mass is 35.5.